The Morgan fingerprint density at radius 3 is 2.52 bits per heavy atom. The van der Waals surface area contributed by atoms with Gasteiger partial charge in [0.15, 0.2) is 11.8 Å². The molecule has 0 unspecified atom stereocenters. The SMILES string of the molecule is CN=C(NCc1nc(C)no1)NCc1ccccc1-n1nc(C)cc1C.I. The number of benzene rings is 1. The first-order valence-corrected chi connectivity index (χ1v) is 8.42. The van der Waals surface area contributed by atoms with Crippen LogP contribution in [0.2, 0.25) is 0 Å². The van der Waals surface area contributed by atoms with E-state index in [0.29, 0.717) is 30.8 Å². The van der Waals surface area contributed by atoms with Crippen molar-refractivity contribution in [2.45, 2.75) is 33.9 Å². The van der Waals surface area contributed by atoms with E-state index in [2.05, 4.69) is 56.0 Å². The van der Waals surface area contributed by atoms with Crippen LogP contribution in [0.15, 0.2) is 39.8 Å². The van der Waals surface area contributed by atoms with Crippen molar-refractivity contribution in [2.24, 2.45) is 4.99 Å². The van der Waals surface area contributed by atoms with E-state index in [1.54, 1.807) is 14.0 Å². The lowest BCUT2D eigenvalue weighted by molar-refractivity contribution is 0.371. The van der Waals surface area contributed by atoms with E-state index in [1.807, 2.05) is 23.7 Å². The Morgan fingerprint density at radius 2 is 1.89 bits per heavy atom. The van der Waals surface area contributed by atoms with Crippen LogP contribution in [0.25, 0.3) is 5.69 Å². The average Bonchev–Trinajstić information content (AvgIpc) is 3.20. The number of halogens is 1. The van der Waals surface area contributed by atoms with E-state index in [0.717, 1.165) is 22.6 Å². The van der Waals surface area contributed by atoms with Gasteiger partial charge in [0.2, 0.25) is 5.89 Å². The van der Waals surface area contributed by atoms with Crippen LogP contribution in [0, 0.1) is 20.8 Å². The second-order valence-electron chi connectivity index (χ2n) is 5.98. The third-order valence-corrected chi connectivity index (χ3v) is 3.88. The van der Waals surface area contributed by atoms with Gasteiger partial charge in [-0.2, -0.15) is 10.1 Å². The molecule has 0 aliphatic carbocycles. The van der Waals surface area contributed by atoms with Crippen LogP contribution in [0.3, 0.4) is 0 Å². The van der Waals surface area contributed by atoms with Gasteiger partial charge in [0.25, 0.3) is 0 Å². The summed E-state index contributed by atoms with van der Waals surface area (Å²) in [5.41, 5.74) is 4.27. The number of aryl methyl sites for hydroxylation is 3. The number of hydrogen-bond acceptors (Lipinski definition) is 5. The molecule has 0 spiro atoms. The Balaban J connectivity index is 0.00000261. The summed E-state index contributed by atoms with van der Waals surface area (Å²) in [6.45, 7) is 6.86. The van der Waals surface area contributed by atoms with Crippen LogP contribution in [-0.4, -0.2) is 32.9 Å². The Hall–Kier alpha value is -2.43. The molecule has 0 radical (unpaired) electrons. The number of nitrogens with one attached hydrogen (secondary N) is 2. The predicted octanol–water partition coefficient (Wildman–Crippen LogP) is 2.66. The van der Waals surface area contributed by atoms with Crippen molar-refractivity contribution in [1.29, 1.82) is 0 Å². The van der Waals surface area contributed by atoms with Gasteiger partial charge in [-0.05, 0) is 38.5 Å². The summed E-state index contributed by atoms with van der Waals surface area (Å²) in [6.07, 6.45) is 0. The van der Waals surface area contributed by atoms with E-state index in [4.69, 9.17) is 4.52 Å². The fourth-order valence-corrected chi connectivity index (χ4v) is 2.71. The van der Waals surface area contributed by atoms with Crippen LogP contribution < -0.4 is 10.6 Å². The summed E-state index contributed by atoms with van der Waals surface area (Å²) >= 11 is 0. The zero-order valence-corrected chi connectivity index (χ0v) is 18.2. The molecule has 0 aliphatic rings. The third kappa shape index (κ3) is 5.28. The maximum Gasteiger partial charge on any atom is 0.246 e. The van der Waals surface area contributed by atoms with Gasteiger partial charge < -0.3 is 15.2 Å². The topological polar surface area (TPSA) is 93.2 Å². The molecule has 2 heterocycles. The van der Waals surface area contributed by atoms with Crippen LogP contribution in [0.4, 0.5) is 0 Å². The van der Waals surface area contributed by atoms with Crippen LogP contribution in [0.1, 0.15) is 28.7 Å². The molecule has 0 fully saturated rings. The van der Waals surface area contributed by atoms with Crippen molar-refractivity contribution in [1.82, 2.24) is 30.6 Å². The van der Waals surface area contributed by atoms with Crippen molar-refractivity contribution < 1.29 is 4.52 Å². The highest BCUT2D eigenvalue weighted by atomic mass is 127. The Labute approximate surface area is 175 Å². The summed E-state index contributed by atoms with van der Waals surface area (Å²) in [5, 5.41) is 14.8. The Kier molecular flexibility index (Phi) is 7.34. The first kappa shape index (κ1) is 20.9. The molecular formula is C18H24IN7O. The third-order valence-electron chi connectivity index (χ3n) is 3.88. The number of aromatic nitrogens is 4. The van der Waals surface area contributed by atoms with E-state index < -0.39 is 0 Å². The zero-order valence-electron chi connectivity index (χ0n) is 15.9. The fourth-order valence-electron chi connectivity index (χ4n) is 2.71. The van der Waals surface area contributed by atoms with Gasteiger partial charge in [-0.25, -0.2) is 4.68 Å². The molecule has 8 nitrogen and oxygen atoms in total. The molecule has 1 aromatic carbocycles. The van der Waals surface area contributed by atoms with E-state index in [1.165, 1.54) is 0 Å². The fraction of sp³-hybridized carbons (Fsp3) is 0.333. The Morgan fingerprint density at radius 1 is 1.15 bits per heavy atom. The number of para-hydroxylation sites is 1. The highest BCUT2D eigenvalue weighted by molar-refractivity contribution is 14.0. The number of hydrogen-bond donors (Lipinski definition) is 2. The second kappa shape index (κ2) is 9.49. The summed E-state index contributed by atoms with van der Waals surface area (Å²) < 4.78 is 7.06. The molecular weight excluding hydrogens is 457 g/mol. The number of nitrogens with zero attached hydrogens (tertiary/aromatic N) is 5. The number of rotatable bonds is 5. The molecule has 0 saturated heterocycles. The van der Waals surface area contributed by atoms with Gasteiger partial charge in [0, 0.05) is 19.3 Å². The lowest BCUT2D eigenvalue weighted by Gasteiger charge is -2.14. The van der Waals surface area contributed by atoms with E-state index >= 15 is 0 Å². The molecule has 3 aromatic rings. The highest BCUT2D eigenvalue weighted by Crippen LogP contribution is 2.16. The molecule has 0 bridgehead atoms. The smallest absolute Gasteiger partial charge is 0.246 e. The van der Waals surface area contributed by atoms with Gasteiger partial charge in [0.1, 0.15) is 0 Å². The van der Waals surface area contributed by atoms with Gasteiger partial charge >= 0.3 is 0 Å². The summed E-state index contributed by atoms with van der Waals surface area (Å²) in [5.74, 6) is 1.79. The Bertz CT molecular complexity index is 916. The molecule has 2 aromatic heterocycles. The van der Waals surface area contributed by atoms with Crippen molar-refractivity contribution in [2.75, 3.05) is 7.05 Å². The van der Waals surface area contributed by atoms with E-state index in [9.17, 15) is 0 Å². The summed E-state index contributed by atoms with van der Waals surface area (Å²) in [4.78, 5) is 8.40. The van der Waals surface area contributed by atoms with Crippen LogP contribution in [0.5, 0.6) is 0 Å². The lowest BCUT2D eigenvalue weighted by atomic mass is 10.1. The molecule has 3 rings (SSSR count). The molecule has 0 atom stereocenters. The molecule has 27 heavy (non-hydrogen) atoms. The molecule has 0 amide bonds. The molecule has 0 saturated carbocycles. The van der Waals surface area contributed by atoms with Crippen LogP contribution >= 0.6 is 24.0 Å². The van der Waals surface area contributed by atoms with Gasteiger partial charge in [-0.1, -0.05) is 23.4 Å². The largest absolute Gasteiger partial charge is 0.352 e. The van der Waals surface area contributed by atoms with Crippen molar-refractivity contribution in [3.05, 3.63) is 59.0 Å². The second-order valence-corrected chi connectivity index (χ2v) is 5.98. The van der Waals surface area contributed by atoms with Gasteiger partial charge in [0.05, 0.1) is 17.9 Å². The van der Waals surface area contributed by atoms with Crippen molar-refractivity contribution in [3.8, 4) is 5.69 Å². The quantitative estimate of drug-likeness (QED) is 0.331. The highest BCUT2D eigenvalue weighted by Gasteiger charge is 2.10. The monoisotopic (exact) mass is 481 g/mol. The zero-order chi connectivity index (χ0) is 18.5. The minimum absolute atomic E-state index is 0. The van der Waals surface area contributed by atoms with E-state index in [-0.39, 0.29) is 24.0 Å². The predicted molar refractivity (Wildman–Crippen MR) is 115 cm³/mol. The van der Waals surface area contributed by atoms with Gasteiger partial charge in [-0.15, -0.1) is 24.0 Å². The molecule has 2 N–H and O–H groups in total. The average molecular weight is 481 g/mol. The van der Waals surface area contributed by atoms with Crippen molar-refractivity contribution in [3.63, 3.8) is 0 Å². The maximum atomic E-state index is 5.10. The first-order chi connectivity index (χ1) is 12.6. The van der Waals surface area contributed by atoms with Crippen LogP contribution in [-0.2, 0) is 13.1 Å². The standard InChI is InChI=1S/C18H23N7O.HI/c1-12-9-13(2)25(23-12)16-8-6-5-7-15(16)10-20-18(19-4)21-11-17-22-14(3)24-26-17;/h5-9H,10-11H2,1-4H3,(H2,19,20,21);1H. The normalized spacial score (nSPS) is 11.2. The number of aliphatic imine (C=N–C) groups is 1. The molecule has 0 aliphatic heterocycles. The summed E-state index contributed by atoms with van der Waals surface area (Å²) in [7, 11) is 1.72. The summed E-state index contributed by atoms with van der Waals surface area (Å²) in [6, 6.07) is 10.2. The maximum absolute atomic E-state index is 5.10. The molecule has 144 valence electrons. The van der Waals surface area contributed by atoms with Crippen molar-refractivity contribution >= 4 is 29.9 Å². The lowest BCUT2D eigenvalue weighted by Crippen LogP contribution is -2.36. The van der Waals surface area contributed by atoms with Gasteiger partial charge in [-0.3, -0.25) is 4.99 Å². The number of guanidine groups is 1. The molecule has 9 heteroatoms. The first-order valence-electron chi connectivity index (χ1n) is 8.42. The minimum atomic E-state index is 0. The minimum Gasteiger partial charge on any atom is -0.352 e.